The summed E-state index contributed by atoms with van der Waals surface area (Å²) in [7, 11) is 0. The van der Waals surface area contributed by atoms with Crippen molar-refractivity contribution in [2.24, 2.45) is 0 Å². The molecule has 3 aromatic rings. The number of hydrogen-bond donors (Lipinski definition) is 0. The van der Waals surface area contributed by atoms with Crippen LogP contribution in [-0.2, 0) is 0 Å². The van der Waals surface area contributed by atoms with Crippen LogP contribution in [0.5, 0.6) is 0 Å². The van der Waals surface area contributed by atoms with E-state index >= 15 is 0 Å². The Bertz CT molecular complexity index is 882. The molecule has 0 atom stereocenters. The zero-order valence-corrected chi connectivity index (χ0v) is 13.2. The van der Waals surface area contributed by atoms with E-state index in [1.165, 1.54) is 18.7 Å². The fourth-order valence-electron chi connectivity index (χ4n) is 3.19. The number of likely N-dealkylation sites (tertiary alicyclic amines) is 1. The zero-order valence-electron chi connectivity index (χ0n) is 13.2. The van der Waals surface area contributed by atoms with E-state index in [1.54, 1.807) is 16.8 Å². The second kappa shape index (κ2) is 6.03. The Morgan fingerprint density at radius 1 is 1.04 bits per heavy atom. The maximum Gasteiger partial charge on any atom is 0.257 e. The highest BCUT2D eigenvalue weighted by molar-refractivity contribution is 6.01. The molecule has 1 amide bonds. The van der Waals surface area contributed by atoms with Crippen LogP contribution < -0.4 is 0 Å². The molecule has 0 radical (unpaired) electrons. The smallest absolute Gasteiger partial charge is 0.257 e. The van der Waals surface area contributed by atoms with Crippen LogP contribution in [0.2, 0.25) is 0 Å². The van der Waals surface area contributed by atoms with Crippen molar-refractivity contribution >= 4 is 11.4 Å². The minimum Gasteiger partial charge on any atom is -0.339 e. The van der Waals surface area contributed by atoms with Gasteiger partial charge in [0, 0.05) is 24.8 Å². The fourth-order valence-corrected chi connectivity index (χ4v) is 3.19. The van der Waals surface area contributed by atoms with E-state index < -0.39 is 5.95 Å². The summed E-state index contributed by atoms with van der Waals surface area (Å²) in [6.07, 6.45) is 6.37. The maximum atomic E-state index is 13.0. The van der Waals surface area contributed by atoms with Crippen molar-refractivity contribution in [1.82, 2.24) is 19.5 Å². The number of pyridine rings is 2. The number of carbonyl (C=O) groups excluding carboxylic acids is 1. The van der Waals surface area contributed by atoms with E-state index in [4.69, 9.17) is 0 Å². The van der Waals surface area contributed by atoms with Gasteiger partial charge in [-0.25, -0.2) is 9.50 Å². The van der Waals surface area contributed by atoms with Crippen LogP contribution in [0.25, 0.3) is 16.8 Å². The van der Waals surface area contributed by atoms with Gasteiger partial charge in [0.15, 0.2) is 0 Å². The summed E-state index contributed by atoms with van der Waals surface area (Å²) in [5.74, 6) is -0.494. The van der Waals surface area contributed by atoms with Crippen molar-refractivity contribution in [2.45, 2.75) is 19.3 Å². The van der Waals surface area contributed by atoms with Crippen LogP contribution in [0.4, 0.5) is 4.39 Å². The van der Waals surface area contributed by atoms with Crippen LogP contribution in [-0.4, -0.2) is 38.5 Å². The first kappa shape index (κ1) is 14.8. The quantitative estimate of drug-likeness (QED) is 0.680. The van der Waals surface area contributed by atoms with Gasteiger partial charge < -0.3 is 4.90 Å². The Morgan fingerprint density at radius 2 is 1.88 bits per heavy atom. The Kier molecular flexibility index (Phi) is 3.72. The Balaban J connectivity index is 1.76. The molecule has 1 aliphatic rings. The highest BCUT2D eigenvalue weighted by atomic mass is 19.1. The first-order valence-corrected chi connectivity index (χ1v) is 8.12. The summed E-state index contributed by atoms with van der Waals surface area (Å²) in [4.78, 5) is 18.4. The van der Waals surface area contributed by atoms with Crippen LogP contribution in [0.1, 0.15) is 29.6 Å². The van der Waals surface area contributed by atoms with Crippen molar-refractivity contribution in [3.8, 4) is 11.3 Å². The second-order valence-corrected chi connectivity index (χ2v) is 5.99. The minimum absolute atomic E-state index is 0.0269. The molecule has 0 bridgehead atoms. The van der Waals surface area contributed by atoms with Gasteiger partial charge in [0.2, 0.25) is 5.95 Å². The summed E-state index contributed by atoms with van der Waals surface area (Å²) < 4.78 is 14.8. The third-order valence-electron chi connectivity index (χ3n) is 4.44. The Hall–Kier alpha value is -2.76. The molecule has 0 unspecified atom stereocenters. The van der Waals surface area contributed by atoms with E-state index in [0.29, 0.717) is 5.56 Å². The van der Waals surface area contributed by atoms with Gasteiger partial charge >= 0.3 is 0 Å². The Labute approximate surface area is 138 Å². The second-order valence-electron chi connectivity index (χ2n) is 5.99. The summed E-state index contributed by atoms with van der Waals surface area (Å²) in [5, 5.41) is 4.38. The summed E-state index contributed by atoms with van der Waals surface area (Å²) in [5.41, 5.74) is 2.89. The van der Waals surface area contributed by atoms with Crippen LogP contribution in [0, 0.1) is 5.95 Å². The number of piperidine rings is 1. The number of hydrogen-bond acceptors (Lipinski definition) is 3. The standard InChI is InChI=1S/C18H17FN4O/c19-17-8-7-13(11-20-17)15-5-4-6-16-14(12-21-23(15)16)18(24)22-9-2-1-3-10-22/h4-8,11-12H,1-3,9-10H2. The molecular formula is C18H17FN4O. The van der Waals surface area contributed by atoms with Gasteiger partial charge in [-0.3, -0.25) is 4.79 Å². The van der Waals surface area contributed by atoms with Gasteiger partial charge in [-0.15, -0.1) is 0 Å². The molecule has 4 heterocycles. The third kappa shape index (κ3) is 2.54. The fraction of sp³-hybridized carbons (Fsp3) is 0.278. The molecule has 3 aromatic heterocycles. The largest absolute Gasteiger partial charge is 0.339 e. The zero-order chi connectivity index (χ0) is 16.5. The summed E-state index contributed by atoms with van der Waals surface area (Å²) in [6.45, 7) is 1.61. The molecule has 6 heteroatoms. The lowest BCUT2D eigenvalue weighted by atomic mass is 10.1. The van der Waals surface area contributed by atoms with Crippen molar-refractivity contribution < 1.29 is 9.18 Å². The van der Waals surface area contributed by atoms with E-state index in [-0.39, 0.29) is 5.91 Å². The molecule has 0 N–H and O–H groups in total. The number of rotatable bonds is 2. The van der Waals surface area contributed by atoms with Crippen LogP contribution >= 0.6 is 0 Å². The van der Waals surface area contributed by atoms with Crippen molar-refractivity contribution in [2.75, 3.05) is 13.1 Å². The highest BCUT2D eigenvalue weighted by Gasteiger charge is 2.22. The van der Waals surface area contributed by atoms with Gasteiger partial charge in [-0.2, -0.15) is 9.49 Å². The topological polar surface area (TPSA) is 50.5 Å². The third-order valence-corrected chi connectivity index (χ3v) is 4.44. The molecule has 0 aromatic carbocycles. The van der Waals surface area contributed by atoms with Gasteiger partial charge in [-0.05, 0) is 43.5 Å². The van der Waals surface area contributed by atoms with Gasteiger partial charge in [0.1, 0.15) is 0 Å². The molecule has 24 heavy (non-hydrogen) atoms. The van der Waals surface area contributed by atoms with Gasteiger partial charge in [0.25, 0.3) is 5.91 Å². The number of fused-ring (bicyclic) bond motifs is 1. The van der Waals surface area contributed by atoms with Gasteiger partial charge in [0.05, 0.1) is 23.0 Å². The average molecular weight is 324 g/mol. The highest BCUT2D eigenvalue weighted by Crippen LogP contribution is 2.23. The first-order chi connectivity index (χ1) is 11.7. The van der Waals surface area contributed by atoms with E-state index in [1.807, 2.05) is 23.1 Å². The lowest BCUT2D eigenvalue weighted by Gasteiger charge is -2.26. The predicted molar refractivity (Wildman–Crippen MR) is 88.1 cm³/mol. The summed E-state index contributed by atoms with van der Waals surface area (Å²) >= 11 is 0. The number of halogens is 1. The van der Waals surface area contributed by atoms with E-state index in [2.05, 4.69) is 10.1 Å². The molecule has 1 fully saturated rings. The lowest BCUT2D eigenvalue weighted by molar-refractivity contribution is 0.0726. The molecule has 0 aliphatic carbocycles. The monoisotopic (exact) mass is 324 g/mol. The summed E-state index contributed by atoms with van der Waals surface area (Å²) in [6, 6.07) is 8.61. The molecule has 1 saturated heterocycles. The normalized spacial score (nSPS) is 15.0. The van der Waals surface area contributed by atoms with Gasteiger partial charge in [-0.1, -0.05) is 6.07 Å². The van der Waals surface area contributed by atoms with E-state index in [9.17, 15) is 9.18 Å². The van der Waals surface area contributed by atoms with Crippen molar-refractivity contribution in [3.63, 3.8) is 0 Å². The average Bonchev–Trinajstić information content (AvgIpc) is 3.07. The number of carbonyl (C=O) groups is 1. The predicted octanol–water partition coefficient (Wildman–Crippen LogP) is 3.16. The van der Waals surface area contributed by atoms with Crippen molar-refractivity contribution in [1.29, 1.82) is 0 Å². The molecule has 5 nitrogen and oxygen atoms in total. The molecule has 0 saturated carbocycles. The number of nitrogens with zero attached hydrogens (tertiary/aromatic N) is 4. The van der Waals surface area contributed by atoms with E-state index in [0.717, 1.165) is 42.7 Å². The molecule has 4 rings (SSSR count). The molecule has 0 spiro atoms. The first-order valence-electron chi connectivity index (χ1n) is 8.12. The van der Waals surface area contributed by atoms with Crippen LogP contribution in [0.15, 0.2) is 42.7 Å². The molecular weight excluding hydrogens is 307 g/mol. The Morgan fingerprint density at radius 3 is 2.62 bits per heavy atom. The minimum atomic E-state index is -0.521. The number of amides is 1. The molecule has 122 valence electrons. The van der Waals surface area contributed by atoms with Crippen molar-refractivity contribution in [3.05, 3.63) is 54.2 Å². The SMILES string of the molecule is O=C(c1cnn2c(-c3ccc(F)nc3)cccc12)N1CCCCC1. The maximum absolute atomic E-state index is 13.0. The van der Waals surface area contributed by atoms with Crippen LogP contribution in [0.3, 0.4) is 0 Å². The number of aromatic nitrogens is 3. The molecule has 1 aliphatic heterocycles. The lowest BCUT2D eigenvalue weighted by Crippen LogP contribution is -2.35.